The van der Waals surface area contributed by atoms with Gasteiger partial charge in [0, 0.05) is 24.4 Å². The van der Waals surface area contributed by atoms with Gasteiger partial charge in [-0.15, -0.1) is 12.4 Å². The number of halogens is 1. The van der Waals surface area contributed by atoms with Gasteiger partial charge in [0.1, 0.15) is 0 Å². The molecule has 1 heterocycles. The molecule has 1 aliphatic rings. The summed E-state index contributed by atoms with van der Waals surface area (Å²) in [6.07, 6.45) is 0. The molecular formula is C20H24ClN3O2S. The number of non-ortho nitro benzene ring substituents is 1. The Morgan fingerprint density at radius 2 is 1.96 bits per heavy atom. The molecule has 0 bridgehead atoms. The van der Waals surface area contributed by atoms with Crippen LogP contribution in [0.25, 0.3) is 0 Å². The van der Waals surface area contributed by atoms with Gasteiger partial charge >= 0.3 is 0 Å². The van der Waals surface area contributed by atoms with E-state index in [1.807, 2.05) is 13.0 Å². The lowest BCUT2D eigenvalue weighted by Gasteiger charge is -2.28. The van der Waals surface area contributed by atoms with Crippen molar-refractivity contribution in [3.63, 3.8) is 0 Å². The summed E-state index contributed by atoms with van der Waals surface area (Å²) < 4.78 is 0. The molecule has 3 rings (SSSR count). The standard InChI is InChI=1S/C20H23N3O2S.ClH/c1-14(2)12-22-19(16-7-5-4-6-8-16)13-26-20(22)21-18-10-9-17(23(24)25)11-15(18)3;/h4-11,14,19H,12-13H2,1-3H3;1H/t19-;/m1./s1. The van der Waals surface area contributed by atoms with Gasteiger partial charge in [0.15, 0.2) is 5.17 Å². The third-order valence-corrected chi connectivity index (χ3v) is 5.41. The summed E-state index contributed by atoms with van der Waals surface area (Å²) in [7, 11) is 0. The second kappa shape index (κ2) is 9.24. The Bertz CT molecular complexity index is 827. The summed E-state index contributed by atoms with van der Waals surface area (Å²) in [4.78, 5) is 17.8. The molecule has 2 aromatic rings. The van der Waals surface area contributed by atoms with Gasteiger partial charge in [-0.2, -0.15) is 0 Å². The Balaban J connectivity index is 0.00000261. The van der Waals surface area contributed by atoms with E-state index in [0.29, 0.717) is 12.0 Å². The third kappa shape index (κ3) is 5.02. The molecule has 7 heteroatoms. The summed E-state index contributed by atoms with van der Waals surface area (Å²) >= 11 is 1.75. The number of rotatable bonds is 5. The summed E-state index contributed by atoms with van der Waals surface area (Å²) in [5.41, 5.74) is 3.01. The van der Waals surface area contributed by atoms with Crippen LogP contribution in [-0.2, 0) is 0 Å². The van der Waals surface area contributed by atoms with E-state index in [2.05, 4.69) is 43.0 Å². The molecular weight excluding hydrogens is 382 g/mol. The first kappa shape index (κ1) is 21.3. The quantitative estimate of drug-likeness (QED) is 0.468. The van der Waals surface area contributed by atoms with Crippen LogP contribution < -0.4 is 0 Å². The van der Waals surface area contributed by atoms with Crippen molar-refractivity contribution in [3.8, 4) is 0 Å². The van der Waals surface area contributed by atoms with Crippen LogP contribution in [0.15, 0.2) is 53.5 Å². The van der Waals surface area contributed by atoms with E-state index in [9.17, 15) is 10.1 Å². The second-order valence-electron chi connectivity index (χ2n) is 6.91. The van der Waals surface area contributed by atoms with E-state index in [1.165, 1.54) is 11.6 Å². The van der Waals surface area contributed by atoms with Crippen molar-refractivity contribution < 1.29 is 4.92 Å². The Morgan fingerprint density at radius 3 is 2.56 bits per heavy atom. The average molecular weight is 406 g/mol. The first-order chi connectivity index (χ1) is 12.5. The Hall–Kier alpha value is -2.05. The third-order valence-electron chi connectivity index (χ3n) is 4.35. The smallest absolute Gasteiger partial charge is 0.269 e. The fourth-order valence-electron chi connectivity index (χ4n) is 3.09. The molecule has 2 aromatic carbocycles. The van der Waals surface area contributed by atoms with Crippen molar-refractivity contribution >= 4 is 40.7 Å². The predicted octanol–water partition coefficient (Wildman–Crippen LogP) is 5.76. The van der Waals surface area contributed by atoms with E-state index in [4.69, 9.17) is 4.99 Å². The number of benzene rings is 2. The minimum Gasteiger partial charge on any atom is -0.343 e. The van der Waals surface area contributed by atoms with Crippen LogP contribution in [-0.4, -0.2) is 27.3 Å². The van der Waals surface area contributed by atoms with Crippen LogP contribution in [0.2, 0.25) is 0 Å². The molecule has 5 nitrogen and oxygen atoms in total. The Morgan fingerprint density at radius 1 is 1.26 bits per heavy atom. The Labute approximate surface area is 170 Å². The minimum atomic E-state index is -0.370. The first-order valence-electron chi connectivity index (χ1n) is 8.74. The van der Waals surface area contributed by atoms with Crippen LogP contribution in [0.3, 0.4) is 0 Å². The van der Waals surface area contributed by atoms with Gasteiger partial charge in [-0.05, 0) is 30.0 Å². The first-order valence-corrected chi connectivity index (χ1v) is 9.72. The number of aliphatic imine (C=N–C) groups is 1. The number of nitro benzene ring substituents is 1. The van der Waals surface area contributed by atoms with Gasteiger partial charge in [0.25, 0.3) is 5.69 Å². The number of nitrogens with zero attached hydrogens (tertiary/aromatic N) is 3. The number of hydrogen-bond acceptors (Lipinski definition) is 4. The monoisotopic (exact) mass is 405 g/mol. The Kier molecular flexibility index (Phi) is 7.27. The molecule has 1 aliphatic heterocycles. The predicted molar refractivity (Wildman–Crippen MR) is 115 cm³/mol. The molecule has 0 N–H and O–H groups in total. The molecule has 0 unspecified atom stereocenters. The van der Waals surface area contributed by atoms with Gasteiger partial charge < -0.3 is 4.90 Å². The van der Waals surface area contributed by atoms with Crippen LogP contribution >= 0.6 is 24.2 Å². The highest BCUT2D eigenvalue weighted by molar-refractivity contribution is 8.14. The molecule has 0 saturated carbocycles. The number of amidine groups is 1. The van der Waals surface area contributed by atoms with Crippen molar-refractivity contribution in [1.82, 2.24) is 4.90 Å². The molecule has 144 valence electrons. The van der Waals surface area contributed by atoms with Crippen LogP contribution in [0.4, 0.5) is 11.4 Å². The molecule has 1 atom stereocenters. The molecule has 0 aliphatic carbocycles. The molecule has 1 saturated heterocycles. The molecule has 0 aromatic heterocycles. The average Bonchev–Trinajstić information content (AvgIpc) is 2.99. The van der Waals surface area contributed by atoms with Crippen molar-refractivity contribution in [2.45, 2.75) is 26.8 Å². The van der Waals surface area contributed by atoms with Crippen molar-refractivity contribution in [2.24, 2.45) is 10.9 Å². The van der Waals surface area contributed by atoms with Crippen LogP contribution in [0, 0.1) is 23.0 Å². The van der Waals surface area contributed by atoms with Gasteiger partial charge in [0.2, 0.25) is 0 Å². The zero-order valence-electron chi connectivity index (χ0n) is 15.7. The number of aryl methyl sites for hydroxylation is 1. The maximum atomic E-state index is 10.9. The fourth-order valence-corrected chi connectivity index (χ4v) is 4.30. The van der Waals surface area contributed by atoms with E-state index in [1.54, 1.807) is 23.9 Å². The molecule has 1 fully saturated rings. The molecule has 0 amide bonds. The van der Waals surface area contributed by atoms with Crippen molar-refractivity contribution in [3.05, 3.63) is 69.8 Å². The van der Waals surface area contributed by atoms with E-state index < -0.39 is 0 Å². The van der Waals surface area contributed by atoms with Crippen molar-refractivity contribution in [1.29, 1.82) is 0 Å². The van der Waals surface area contributed by atoms with Gasteiger partial charge in [-0.3, -0.25) is 10.1 Å². The van der Waals surface area contributed by atoms with E-state index >= 15 is 0 Å². The van der Waals surface area contributed by atoms with Gasteiger partial charge in [-0.25, -0.2) is 4.99 Å². The van der Waals surface area contributed by atoms with E-state index in [-0.39, 0.29) is 23.0 Å². The lowest BCUT2D eigenvalue weighted by atomic mass is 10.1. The topological polar surface area (TPSA) is 58.7 Å². The number of thioether (sulfide) groups is 1. The van der Waals surface area contributed by atoms with Gasteiger partial charge in [-0.1, -0.05) is 55.9 Å². The number of hydrogen-bond donors (Lipinski definition) is 0. The highest BCUT2D eigenvalue weighted by Crippen LogP contribution is 2.37. The largest absolute Gasteiger partial charge is 0.343 e. The maximum Gasteiger partial charge on any atom is 0.269 e. The molecule has 0 radical (unpaired) electrons. The van der Waals surface area contributed by atoms with Gasteiger partial charge in [0.05, 0.1) is 16.7 Å². The van der Waals surface area contributed by atoms with Crippen molar-refractivity contribution in [2.75, 3.05) is 12.3 Å². The summed E-state index contributed by atoms with van der Waals surface area (Å²) in [6, 6.07) is 15.7. The normalized spacial score (nSPS) is 18.0. The SMILES string of the molecule is Cc1cc([N+](=O)[O-])ccc1N=C1SC[C@H](c2ccccc2)N1CC(C)C.Cl. The second-order valence-corrected chi connectivity index (χ2v) is 7.89. The number of nitro groups is 1. The summed E-state index contributed by atoms with van der Waals surface area (Å²) in [5, 5.41) is 11.9. The summed E-state index contributed by atoms with van der Waals surface area (Å²) in [5.74, 6) is 1.48. The lowest BCUT2D eigenvalue weighted by molar-refractivity contribution is -0.384. The highest BCUT2D eigenvalue weighted by atomic mass is 35.5. The zero-order chi connectivity index (χ0) is 18.7. The molecule has 0 spiro atoms. The van der Waals surface area contributed by atoms with E-state index in [0.717, 1.165) is 28.7 Å². The minimum absolute atomic E-state index is 0. The fraction of sp³-hybridized carbons (Fsp3) is 0.350. The summed E-state index contributed by atoms with van der Waals surface area (Å²) in [6.45, 7) is 7.21. The maximum absolute atomic E-state index is 10.9. The highest BCUT2D eigenvalue weighted by Gasteiger charge is 2.31. The zero-order valence-corrected chi connectivity index (χ0v) is 17.3. The molecule has 27 heavy (non-hydrogen) atoms. The van der Waals surface area contributed by atoms with Crippen LogP contribution in [0.5, 0.6) is 0 Å². The lowest BCUT2D eigenvalue weighted by Crippen LogP contribution is -2.31. The van der Waals surface area contributed by atoms with Crippen LogP contribution in [0.1, 0.15) is 31.0 Å².